The molecule has 0 radical (unpaired) electrons. The first-order valence-electron chi connectivity index (χ1n) is 7.45. The summed E-state index contributed by atoms with van der Waals surface area (Å²) in [5.74, 6) is -4.05. The lowest BCUT2D eigenvalue weighted by molar-refractivity contribution is -0.182. The van der Waals surface area contributed by atoms with Crippen LogP contribution in [0.2, 0.25) is 0 Å². The van der Waals surface area contributed by atoms with E-state index in [1.54, 1.807) is 18.2 Å². The van der Waals surface area contributed by atoms with Crippen molar-refractivity contribution in [2.45, 2.75) is 12.7 Å². The molecule has 1 saturated heterocycles. The van der Waals surface area contributed by atoms with Crippen molar-refractivity contribution in [1.29, 1.82) is 0 Å². The SMILES string of the molecule is NC(=O)[C@@H]1CN(Cc2cc3ccccc3[nH]c2=O)C[C@H]1C(F)(F)F. The number of hydrogen-bond acceptors (Lipinski definition) is 3. The third-order valence-electron chi connectivity index (χ3n) is 4.41. The number of pyridine rings is 1. The molecule has 8 heteroatoms. The van der Waals surface area contributed by atoms with E-state index in [1.807, 2.05) is 12.1 Å². The second-order valence-electron chi connectivity index (χ2n) is 6.06. The number of H-pyrrole nitrogens is 1. The van der Waals surface area contributed by atoms with Crippen LogP contribution in [0.4, 0.5) is 13.2 Å². The molecule has 1 aromatic carbocycles. The van der Waals surface area contributed by atoms with Crippen molar-refractivity contribution in [2.24, 2.45) is 17.6 Å². The first-order chi connectivity index (χ1) is 11.3. The maximum absolute atomic E-state index is 13.1. The van der Waals surface area contributed by atoms with Crippen LogP contribution in [0.3, 0.4) is 0 Å². The fraction of sp³-hybridized carbons (Fsp3) is 0.375. The molecule has 2 atom stereocenters. The van der Waals surface area contributed by atoms with Crippen LogP contribution in [-0.4, -0.2) is 35.1 Å². The van der Waals surface area contributed by atoms with Gasteiger partial charge >= 0.3 is 6.18 Å². The van der Waals surface area contributed by atoms with Crippen molar-refractivity contribution in [3.8, 4) is 0 Å². The Kier molecular flexibility index (Phi) is 4.08. The van der Waals surface area contributed by atoms with Gasteiger partial charge < -0.3 is 10.7 Å². The molecule has 2 heterocycles. The van der Waals surface area contributed by atoms with Crippen LogP contribution in [-0.2, 0) is 11.3 Å². The van der Waals surface area contributed by atoms with Crippen LogP contribution >= 0.6 is 0 Å². The van der Waals surface area contributed by atoms with E-state index in [-0.39, 0.29) is 25.2 Å². The van der Waals surface area contributed by atoms with Crippen LogP contribution < -0.4 is 11.3 Å². The largest absolute Gasteiger partial charge is 0.393 e. The van der Waals surface area contributed by atoms with Gasteiger partial charge in [-0.3, -0.25) is 14.5 Å². The van der Waals surface area contributed by atoms with E-state index in [0.717, 1.165) is 5.39 Å². The maximum atomic E-state index is 13.1. The lowest BCUT2D eigenvalue weighted by Crippen LogP contribution is -2.37. The van der Waals surface area contributed by atoms with Crippen LogP contribution in [0.1, 0.15) is 5.56 Å². The highest BCUT2D eigenvalue weighted by molar-refractivity contribution is 5.79. The molecule has 2 aromatic rings. The lowest BCUT2D eigenvalue weighted by Gasteiger charge is -2.18. The Hall–Kier alpha value is -2.35. The van der Waals surface area contributed by atoms with Gasteiger partial charge in [0.15, 0.2) is 0 Å². The lowest BCUT2D eigenvalue weighted by atomic mass is 9.95. The first kappa shape index (κ1) is 16.5. The van der Waals surface area contributed by atoms with Crippen LogP contribution in [0.15, 0.2) is 35.1 Å². The van der Waals surface area contributed by atoms with Crippen LogP contribution in [0.25, 0.3) is 10.9 Å². The predicted octanol–water partition coefficient (Wildman–Crippen LogP) is 1.62. The standard InChI is InChI=1S/C16H16F3N3O2/c17-16(18,19)12-8-22(7-11(12)14(20)23)6-10-5-9-3-1-2-4-13(9)21-15(10)24/h1-5,11-12H,6-8H2,(H2,20,23)(H,21,24)/t11-,12-/m1/s1. The van der Waals surface area contributed by atoms with Gasteiger partial charge in [-0.1, -0.05) is 18.2 Å². The molecule has 0 saturated carbocycles. The average molecular weight is 339 g/mol. The molecule has 1 aliphatic rings. The number of nitrogens with zero attached hydrogens (tertiary/aromatic N) is 1. The molecule has 5 nitrogen and oxygen atoms in total. The molecule has 1 amide bonds. The molecule has 0 aliphatic carbocycles. The molecule has 0 bridgehead atoms. The number of carbonyl (C=O) groups is 1. The monoisotopic (exact) mass is 339 g/mol. The summed E-state index contributed by atoms with van der Waals surface area (Å²) in [6.07, 6.45) is -4.50. The molecule has 1 aliphatic heterocycles. The minimum atomic E-state index is -4.50. The molecule has 1 aromatic heterocycles. The van der Waals surface area contributed by atoms with Crippen LogP contribution in [0.5, 0.6) is 0 Å². The number of para-hydroxylation sites is 1. The quantitative estimate of drug-likeness (QED) is 0.892. The van der Waals surface area contributed by atoms with E-state index >= 15 is 0 Å². The van der Waals surface area contributed by atoms with E-state index in [4.69, 9.17) is 5.73 Å². The third-order valence-corrected chi connectivity index (χ3v) is 4.41. The predicted molar refractivity (Wildman–Crippen MR) is 82.1 cm³/mol. The van der Waals surface area contributed by atoms with Crippen molar-refractivity contribution in [2.75, 3.05) is 13.1 Å². The summed E-state index contributed by atoms with van der Waals surface area (Å²) in [5, 5.41) is 0.796. The highest BCUT2D eigenvalue weighted by Crippen LogP contribution is 2.37. The highest BCUT2D eigenvalue weighted by atomic mass is 19.4. The Labute approximate surface area is 135 Å². The first-order valence-corrected chi connectivity index (χ1v) is 7.45. The second-order valence-corrected chi connectivity index (χ2v) is 6.06. The van der Waals surface area contributed by atoms with Crippen molar-refractivity contribution in [3.05, 3.63) is 46.2 Å². The minimum absolute atomic E-state index is 0.0382. The Morgan fingerprint density at radius 2 is 2.00 bits per heavy atom. The normalized spacial score (nSPS) is 22.1. The molecular weight excluding hydrogens is 323 g/mol. The van der Waals surface area contributed by atoms with Gasteiger partial charge in [0, 0.05) is 30.7 Å². The highest BCUT2D eigenvalue weighted by Gasteiger charge is 2.51. The average Bonchev–Trinajstić information content (AvgIpc) is 2.92. The molecule has 3 rings (SSSR count). The van der Waals surface area contributed by atoms with E-state index in [2.05, 4.69) is 4.98 Å². The zero-order chi connectivity index (χ0) is 17.5. The minimum Gasteiger partial charge on any atom is -0.369 e. The fourth-order valence-corrected chi connectivity index (χ4v) is 3.19. The number of benzene rings is 1. The van der Waals surface area contributed by atoms with Crippen molar-refractivity contribution in [1.82, 2.24) is 9.88 Å². The number of alkyl halides is 3. The Balaban J connectivity index is 1.85. The Morgan fingerprint density at radius 1 is 1.29 bits per heavy atom. The van der Waals surface area contributed by atoms with Gasteiger partial charge in [-0.2, -0.15) is 13.2 Å². The molecular formula is C16H16F3N3O2. The molecule has 3 N–H and O–H groups in total. The zero-order valence-corrected chi connectivity index (χ0v) is 12.6. The summed E-state index contributed by atoms with van der Waals surface area (Å²) in [6, 6.07) is 8.81. The summed E-state index contributed by atoms with van der Waals surface area (Å²) < 4.78 is 39.2. The zero-order valence-electron chi connectivity index (χ0n) is 12.6. The van der Waals surface area contributed by atoms with E-state index in [1.165, 1.54) is 4.90 Å². The summed E-state index contributed by atoms with van der Waals surface area (Å²) in [4.78, 5) is 27.6. The smallest absolute Gasteiger partial charge is 0.369 e. The number of likely N-dealkylation sites (tertiary alicyclic amines) is 1. The van der Waals surface area contributed by atoms with Gasteiger partial charge in [0.2, 0.25) is 5.91 Å². The molecule has 128 valence electrons. The van der Waals surface area contributed by atoms with Gasteiger partial charge in [0.25, 0.3) is 5.56 Å². The summed E-state index contributed by atoms with van der Waals surface area (Å²) in [7, 11) is 0. The number of fused-ring (bicyclic) bond motifs is 1. The number of aromatic amines is 1. The van der Waals surface area contributed by atoms with Crippen LogP contribution in [0, 0.1) is 11.8 Å². The second kappa shape index (κ2) is 5.94. The number of rotatable bonds is 3. The third kappa shape index (κ3) is 3.14. The van der Waals surface area contributed by atoms with E-state index in [0.29, 0.717) is 11.1 Å². The van der Waals surface area contributed by atoms with Crippen molar-refractivity contribution >= 4 is 16.8 Å². The number of halogens is 3. The van der Waals surface area contributed by atoms with Gasteiger partial charge in [-0.15, -0.1) is 0 Å². The Morgan fingerprint density at radius 3 is 2.62 bits per heavy atom. The number of carbonyl (C=O) groups excluding carboxylic acids is 1. The number of primary amides is 1. The molecule has 0 unspecified atom stereocenters. The summed E-state index contributed by atoms with van der Waals surface area (Å²) in [6.45, 7) is -0.411. The topological polar surface area (TPSA) is 79.2 Å². The number of nitrogens with one attached hydrogen (secondary N) is 1. The number of hydrogen-bond donors (Lipinski definition) is 2. The van der Waals surface area contributed by atoms with Gasteiger partial charge in [0.1, 0.15) is 0 Å². The van der Waals surface area contributed by atoms with Crippen molar-refractivity contribution in [3.63, 3.8) is 0 Å². The molecule has 1 fully saturated rings. The number of amides is 1. The Bertz CT molecular complexity index is 831. The maximum Gasteiger partial charge on any atom is 0.393 e. The van der Waals surface area contributed by atoms with E-state index < -0.39 is 23.9 Å². The van der Waals surface area contributed by atoms with E-state index in [9.17, 15) is 22.8 Å². The van der Waals surface area contributed by atoms with Gasteiger partial charge in [0.05, 0.1) is 11.8 Å². The van der Waals surface area contributed by atoms with Gasteiger partial charge in [-0.25, -0.2) is 0 Å². The number of aromatic nitrogens is 1. The molecule has 24 heavy (non-hydrogen) atoms. The summed E-state index contributed by atoms with van der Waals surface area (Å²) >= 11 is 0. The molecule has 0 spiro atoms. The van der Waals surface area contributed by atoms with Gasteiger partial charge in [-0.05, 0) is 17.5 Å². The van der Waals surface area contributed by atoms with Crippen molar-refractivity contribution < 1.29 is 18.0 Å². The summed E-state index contributed by atoms with van der Waals surface area (Å²) in [5.41, 5.74) is 5.79. The number of nitrogens with two attached hydrogens (primary N) is 1. The fourth-order valence-electron chi connectivity index (χ4n) is 3.19.